The van der Waals surface area contributed by atoms with Gasteiger partial charge in [0, 0.05) is 31.9 Å². The Kier molecular flexibility index (Phi) is 4.92. The molecule has 1 amide bonds. The third-order valence-corrected chi connectivity index (χ3v) is 3.11. The molecule has 0 aliphatic rings. The molecule has 6 nitrogen and oxygen atoms in total. The van der Waals surface area contributed by atoms with Crippen LogP contribution in [-0.2, 0) is 20.0 Å². The maximum absolute atomic E-state index is 12.2. The first-order valence-electron chi connectivity index (χ1n) is 7.14. The van der Waals surface area contributed by atoms with Crippen molar-refractivity contribution in [1.29, 1.82) is 0 Å². The minimum absolute atomic E-state index is 0.180. The Balaban J connectivity index is 2.02. The molecule has 2 aromatic heterocycles. The largest absolute Gasteiger partial charge is 0.370 e. The van der Waals surface area contributed by atoms with E-state index in [2.05, 4.69) is 27.6 Å². The predicted molar refractivity (Wildman–Crippen MR) is 82.2 cm³/mol. The van der Waals surface area contributed by atoms with Gasteiger partial charge in [-0.2, -0.15) is 5.10 Å². The smallest absolute Gasteiger partial charge is 0.270 e. The van der Waals surface area contributed by atoms with Gasteiger partial charge >= 0.3 is 0 Å². The number of carbonyl (C=O) groups excluding carboxylic acids is 1. The van der Waals surface area contributed by atoms with E-state index in [1.165, 1.54) is 0 Å². The molecule has 21 heavy (non-hydrogen) atoms. The van der Waals surface area contributed by atoms with E-state index < -0.39 is 0 Å². The van der Waals surface area contributed by atoms with Crippen LogP contribution in [-0.4, -0.2) is 27.2 Å². The molecule has 0 radical (unpaired) electrons. The lowest BCUT2D eigenvalue weighted by Gasteiger charge is -2.06. The number of hydrogen-bond acceptors (Lipinski definition) is 4. The molecule has 0 saturated carbocycles. The molecule has 0 aliphatic heterocycles. The molecule has 112 valence electrons. The van der Waals surface area contributed by atoms with Crippen molar-refractivity contribution in [2.24, 2.45) is 7.05 Å². The maximum atomic E-state index is 12.2. The van der Waals surface area contributed by atoms with Gasteiger partial charge in [-0.1, -0.05) is 13.0 Å². The molecule has 0 unspecified atom stereocenters. The van der Waals surface area contributed by atoms with Gasteiger partial charge in [-0.3, -0.25) is 9.48 Å². The van der Waals surface area contributed by atoms with Crippen molar-refractivity contribution in [3.63, 3.8) is 0 Å². The third kappa shape index (κ3) is 3.81. The summed E-state index contributed by atoms with van der Waals surface area (Å²) in [4.78, 5) is 16.4. The zero-order valence-corrected chi connectivity index (χ0v) is 12.7. The van der Waals surface area contributed by atoms with Crippen molar-refractivity contribution in [3.8, 4) is 0 Å². The summed E-state index contributed by atoms with van der Waals surface area (Å²) in [6, 6.07) is 5.37. The highest BCUT2D eigenvalue weighted by molar-refractivity contribution is 5.92. The highest BCUT2D eigenvalue weighted by atomic mass is 16.1. The summed E-state index contributed by atoms with van der Waals surface area (Å²) >= 11 is 0. The average molecular weight is 287 g/mol. The quantitative estimate of drug-likeness (QED) is 0.849. The molecular weight excluding hydrogens is 266 g/mol. The molecule has 2 aromatic rings. The topological polar surface area (TPSA) is 71.8 Å². The molecule has 0 atom stereocenters. The second-order valence-corrected chi connectivity index (χ2v) is 4.75. The normalized spacial score (nSPS) is 10.4. The number of anilines is 1. The Morgan fingerprint density at radius 1 is 1.33 bits per heavy atom. The Hall–Kier alpha value is -2.37. The fraction of sp³-hybridized carbons (Fsp3) is 0.400. The van der Waals surface area contributed by atoms with Gasteiger partial charge in [-0.25, -0.2) is 4.98 Å². The van der Waals surface area contributed by atoms with Crippen molar-refractivity contribution < 1.29 is 4.79 Å². The number of aryl methyl sites for hydroxylation is 2. The van der Waals surface area contributed by atoms with Crippen molar-refractivity contribution in [2.75, 3.05) is 11.9 Å². The minimum atomic E-state index is -0.180. The highest BCUT2D eigenvalue weighted by Crippen LogP contribution is 2.08. The first-order valence-corrected chi connectivity index (χ1v) is 7.14. The zero-order chi connectivity index (χ0) is 15.2. The average Bonchev–Trinajstić information content (AvgIpc) is 2.85. The fourth-order valence-corrected chi connectivity index (χ4v) is 2.14. The Morgan fingerprint density at radius 2 is 2.14 bits per heavy atom. The number of carbonyl (C=O) groups is 1. The van der Waals surface area contributed by atoms with Crippen LogP contribution in [0.25, 0.3) is 0 Å². The maximum Gasteiger partial charge on any atom is 0.270 e. The predicted octanol–water partition coefficient (Wildman–Crippen LogP) is 1.74. The molecule has 6 heteroatoms. The van der Waals surface area contributed by atoms with E-state index in [9.17, 15) is 4.79 Å². The lowest BCUT2D eigenvalue weighted by atomic mass is 10.2. The van der Waals surface area contributed by atoms with Gasteiger partial charge in [0.05, 0.1) is 5.69 Å². The first kappa shape index (κ1) is 15.0. The second-order valence-electron chi connectivity index (χ2n) is 4.75. The third-order valence-electron chi connectivity index (χ3n) is 3.11. The molecule has 2 rings (SSSR count). The molecule has 0 bridgehead atoms. The van der Waals surface area contributed by atoms with Crippen molar-refractivity contribution in [1.82, 2.24) is 20.1 Å². The number of aromatic nitrogens is 3. The molecule has 0 spiro atoms. The van der Waals surface area contributed by atoms with Crippen LogP contribution in [0.4, 0.5) is 5.82 Å². The van der Waals surface area contributed by atoms with E-state index in [4.69, 9.17) is 0 Å². The van der Waals surface area contributed by atoms with Gasteiger partial charge in [0.15, 0.2) is 0 Å². The number of nitrogens with one attached hydrogen (secondary N) is 2. The monoisotopic (exact) mass is 287 g/mol. The van der Waals surface area contributed by atoms with Gasteiger partial charge in [0.1, 0.15) is 11.5 Å². The number of nitrogens with zero attached hydrogens (tertiary/aromatic N) is 3. The van der Waals surface area contributed by atoms with Crippen LogP contribution in [0.15, 0.2) is 24.4 Å². The number of rotatable bonds is 6. The van der Waals surface area contributed by atoms with Crippen molar-refractivity contribution in [2.45, 2.75) is 26.8 Å². The van der Waals surface area contributed by atoms with Gasteiger partial charge in [0.25, 0.3) is 5.91 Å². The van der Waals surface area contributed by atoms with Gasteiger partial charge in [0.2, 0.25) is 0 Å². The SMILES string of the molecule is CCNc1cccc(C(=O)NCc2cn(C)nc2CC)n1. The van der Waals surface area contributed by atoms with Gasteiger partial charge in [-0.15, -0.1) is 0 Å². The summed E-state index contributed by atoms with van der Waals surface area (Å²) in [5.74, 6) is 0.529. The summed E-state index contributed by atoms with van der Waals surface area (Å²) in [5, 5.41) is 10.3. The molecule has 0 aromatic carbocycles. The van der Waals surface area contributed by atoms with Gasteiger partial charge < -0.3 is 10.6 Å². The van der Waals surface area contributed by atoms with Crippen molar-refractivity contribution >= 4 is 11.7 Å². The lowest BCUT2D eigenvalue weighted by Crippen LogP contribution is -2.24. The van der Waals surface area contributed by atoms with Crippen LogP contribution in [0.2, 0.25) is 0 Å². The number of amides is 1. The molecule has 2 N–H and O–H groups in total. The summed E-state index contributed by atoms with van der Waals surface area (Å²) in [6.07, 6.45) is 2.78. The summed E-state index contributed by atoms with van der Waals surface area (Å²) in [7, 11) is 1.88. The van der Waals surface area contributed by atoms with E-state index in [0.717, 1.165) is 24.2 Å². The van der Waals surface area contributed by atoms with E-state index in [0.29, 0.717) is 18.1 Å². The number of pyridine rings is 1. The van der Waals surface area contributed by atoms with E-state index in [-0.39, 0.29) is 5.91 Å². The molecular formula is C15H21N5O. The summed E-state index contributed by atoms with van der Waals surface area (Å²) in [5.41, 5.74) is 2.46. The molecule has 2 heterocycles. The lowest BCUT2D eigenvalue weighted by molar-refractivity contribution is 0.0946. The first-order chi connectivity index (χ1) is 10.1. The van der Waals surface area contributed by atoms with Crippen LogP contribution in [0.5, 0.6) is 0 Å². The van der Waals surface area contributed by atoms with Crippen LogP contribution < -0.4 is 10.6 Å². The Labute approximate surface area is 124 Å². The van der Waals surface area contributed by atoms with Crippen LogP contribution in [0, 0.1) is 0 Å². The van der Waals surface area contributed by atoms with Crippen LogP contribution in [0.1, 0.15) is 35.6 Å². The zero-order valence-electron chi connectivity index (χ0n) is 12.7. The van der Waals surface area contributed by atoms with Crippen LogP contribution in [0.3, 0.4) is 0 Å². The summed E-state index contributed by atoms with van der Waals surface area (Å²) in [6.45, 7) is 5.27. The summed E-state index contributed by atoms with van der Waals surface area (Å²) < 4.78 is 1.77. The molecule has 0 saturated heterocycles. The molecule has 0 aliphatic carbocycles. The van der Waals surface area contributed by atoms with Crippen molar-refractivity contribution in [3.05, 3.63) is 41.3 Å². The fourth-order valence-electron chi connectivity index (χ4n) is 2.14. The second kappa shape index (κ2) is 6.88. The number of hydrogen-bond donors (Lipinski definition) is 2. The Morgan fingerprint density at radius 3 is 2.86 bits per heavy atom. The standard InChI is InChI=1S/C15H21N5O/c1-4-12-11(10-20(3)19-12)9-17-15(21)13-7-6-8-14(18-13)16-5-2/h6-8,10H,4-5,9H2,1-3H3,(H,16,18)(H,17,21). The Bertz CT molecular complexity index is 620. The van der Waals surface area contributed by atoms with Gasteiger partial charge in [-0.05, 0) is 25.5 Å². The minimum Gasteiger partial charge on any atom is -0.370 e. The highest BCUT2D eigenvalue weighted by Gasteiger charge is 2.10. The van der Waals surface area contributed by atoms with E-state index in [1.54, 1.807) is 10.7 Å². The van der Waals surface area contributed by atoms with E-state index in [1.807, 2.05) is 32.3 Å². The molecule has 0 fully saturated rings. The van der Waals surface area contributed by atoms with Crippen LogP contribution >= 0.6 is 0 Å². The van der Waals surface area contributed by atoms with E-state index >= 15 is 0 Å².